The van der Waals surface area contributed by atoms with Crippen LogP contribution in [0, 0.1) is 17.8 Å². The van der Waals surface area contributed by atoms with E-state index in [2.05, 4.69) is 70.1 Å². The minimum absolute atomic E-state index is 0.0898. The lowest BCUT2D eigenvalue weighted by Gasteiger charge is -2.25. The van der Waals surface area contributed by atoms with E-state index in [4.69, 9.17) is 0 Å². The van der Waals surface area contributed by atoms with E-state index < -0.39 is 0 Å². The molecule has 1 amide bonds. The Balaban J connectivity index is 1.07. The first-order valence-corrected chi connectivity index (χ1v) is 10.1. The van der Waals surface area contributed by atoms with Gasteiger partial charge in [0, 0.05) is 32.7 Å². The Labute approximate surface area is 161 Å². The quantitative estimate of drug-likeness (QED) is 0.858. The van der Waals surface area contributed by atoms with Crippen molar-refractivity contribution < 1.29 is 4.79 Å². The molecule has 4 nitrogen and oxygen atoms in total. The fourth-order valence-corrected chi connectivity index (χ4v) is 4.99. The molecule has 2 heterocycles. The van der Waals surface area contributed by atoms with Gasteiger partial charge in [-0.05, 0) is 40.9 Å². The summed E-state index contributed by atoms with van der Waals surface area (Å²) in [6.45, 7) is 5.03. The maximum atomic E-state index is 12.6. The molecule has 2 aromatic rings. The maximum absolute atomic E-state index is 12.6. The number of carbonyl (C=O) groups excluding carboxylic acids is 1. The Morgan fingerprint density at radius 3 is 2.48 bits per heavy atom. The number of amides is 1. The van der Waals surface area contributed by atoms with Crippen LogP contribution in [0.15, 0.2) is 54.6 Å². The van der Waals surface area contributed by atoms with Crippen molar-refractivity contribution >= 4 is 5.91 Å². The summed E-state index contributed by atoms with van der Waals surface area (Å²) in [5.74, 6) is 2.38. The fraction of sp³-hybridized carbons (Fsp3) is 0.435. The molecule has 0 bridgehead atoms. The summed E-state index contributed by atoms with van der Waals surface area (Å²) < 4.78 is 0. The highest BCUT2D eigenvalue weighted by Gasteiger charge is 2.55. The van der Waals surface area contributed by atoms with Gasteiger partial charge in [-0.2, -0.15) is 0 Å². The molecule has 2 aromatic carbocycles. The van der Waals surface area contributed by atoms with E-state index in [1.54, 1.807) is 0 Å². The second-order valence-corrected chi connectivity index (χ2v) is 8.32. The summed E-state index contributed by atoms with van der Waals surface area (Å²) >= 11 is 0. The molecule has 2 aliphatic heterocycles. The molecule has 2 N–H and O–H groups in total. The number of carbonyl (C=O) groups is 1. The summed E-state index contributed by atoms with van der Waals surface area (Å²) in [6.07, 6.45) is 0.796. The van der Waals surface area contributed by atoms with Crippen molar-refractivity contribution in [1.82, 2.24) is 15.5 Å². The van der Waals surface area contributed by atoms with Crippen LogP contribution in [0.5, 0.6) is 0 Å². The molecule has 140 valence electrons. The number of nitrogens with one attached hydrogen (secondary N) is 2. The zero-order valence-electron chi connectivity index (χ0n) is 15.6. The molecule has 3 atom stereocenters. The lowest BCUT2D eigenvalue weighted by molar-refractivity contribution is -0.123. The monoisotopic (exact) mass is 361 g/mol. The summed E-state index contributed by atoms with van der Waals surface area (Å²) in [5, 5.41) is 6.60. The van der Waals surface area contributed by atoms with Crippen molar-refractivity contribution in [1.29, 1.82) is 0 Å². The van der Waals surface area contributed by atoms with E-state index >= 15 is 0 Å². The highest BCUT2D eigenvalue weighted by Crippen LogP contribution is 2.51. The van der Waals surface area contributed by atoms with Gasteiger partial charge < -0.3 is 10.6 Å². The average molecular weight is 361 g/mol. The Morgan fingerprint density at radius 1 is 1.00 bits per heavy atom. The van der Waals surface area contributed by atoms with Gasteiger partial charge in [0.05, 0.1) is 6.04 Å². The van der Waals surface area contributed by atoms with Crippen LogP contribution < -0.4 is 10.6 Å². The molecule has 0 radical (unpaired) electrons. The van der Waals surface area contributed by atoms with Crippen LogP contribution in [-0.2, 0) is 24.3 Å². The van der Waals surface area contributed by atoms with Crippen LogP contribution in [0.1, 0.15) is 16.7 Å². The minimum Gasteiger partial charge on any atom is -0.354 e. The molecular weight excluding hydrogens is 334 g/mol. The molecule has 1 saturated heterocycles. The Hall–Kier alpha value is -2.17. The third kappa shape index (κ3) is 3.52. The molecule has 0 aromatic heterocycles. The molecule has 3 unspecified atom stereocenters. The second kappa shape index (κ2) is 7.10. The van der Waals surface area contributed by atoms with Gasteiger partial charge >= 0.3 is 0 Å². The molecule has 1 aliphatic carbocycles. The third-order valence-corrected chi connectivity index (χ3v) is 6.61. The molecule has 5 rings (SSSR count). The van der Waals surface area contributed by atoms with E-state index in [-0.39, 0.29) is 11.9 Å². The molecule has 4 heteroatoms. The van der Waals surface area contributed by atoms with Crippen molar-refractivity contribution in [3.63, 3.8) is 0 Å². The largest absolute Gasteiger partial charge is 0.354 e. The minimum atomic E-state index is -0.0898. The van der Waals surface area contributed by atoms with Crippen LogP contribution in [0.2, 0.25) is 0 Å². The fourth-order valence-electron chi connectivity index (χ4n) is 4.99. The van der Waals surface area contributed by atoms with Crippen molar-refractivity contribution in [2.45, 2.75) is 25.6 Å². The number of piperidine rings is 1. The van der Waals surface area contributed by atoms with Gasteiger partial charge in [0.1, 0.15) is 0 Å². The third-order valence-electron chi connectivity index (χ3n) is 6.61. The van der Waals surface area contributed by atoms with Crippen LogP contribution in [0.25, 0.3) is 0 Å². The van der Waals surface area contributed by atoms with Gasteiger partial charge in [0.2, 0.25) is 5.91 Å². The van der Waals surface area contributed by atoms with E-state index in [1.165, 1.54) is 29.8 Å². The first-order chi connectivity index (χ1) is 13.3. The topological polar surface area (TPSA) is 44.4 Å². The summed E-state index contributed by atoms with van der Waals surface area (Å²) in [5.41, 5.74) is 4.01. The van der Waals surface area contributed by atoms with Crippen molar-refractivity contribution in [3.8, 4) is 0 Å². The standard InChI is InChI=1S/C23H27N3O/c27-23(22-10-17-8-4-5-9-18(17)11-24-22)25-12-19-20-14-26(15-21(19)20)13-16-6-2-1-3-7-16/h1-9,19-22,24H,10-15H2,(H,25,27). The van der Waals surface area contributed by atoms with Gasteiger partial charge in [0.25, 0.3) is 0 Å². The van der Waals surface area contributed by atoms with Crippen molar-refractivity contribution in [2.24, 2.45) is 17.8 Å². The molecule has 1 saturated carbocycles. The lowest BCUT2D eigenvalue weighted by atomic mass is 9.95. The van der Waals surface area contributed by atoms with Gasteiger partial charge in [-0.1, -0.05) is 54.6 Å². The highest BCUT2D eigenvalue weighted by atomic mass is 16.2. The van der Waals surface area contributed by atoms with E-state index in [1.807, 2.05) is 0 Å². The number of fused-ring (bicyclic) bond motifs is 2. The first-order valence-electron chi connectivity index (χ1n) is 10.1. The van der Waals surface area contributed by atoms with Crippen LogP contribution >= 0.6 is 0 Å². The smallest absolute Gasteiger partial charge is 0.237 e. The second-order valence-electron chi connectivity index (χ2n) is 8.32. The maximum Gasteiger partial charge on any atom is 0.237 e. The molecule has 3 aliphatic rings. The number of nitrogens with zero attached hydrogens (tertiary/aromatic N) is 1. The number of rotatable bonds is 5. The Kier molecular flexibility index (Phi) is 4.46. The molecule has 27 heavy (non-hydrogen) atoms. The predicted molar refractivity (Wildman–Crippen MR) is 106 cm³/mol. The first kappa shape index (κ1) is 17.0. The summed E-state index contributed by atoms with van der Waals surface area (Å²) in [6, 6.07) is 19.0. The number of benzene rings is 2. The van der Waals surface area contributed by atoms with Crippen molar-refractivity contribution in [3.05, 3.63) is 71.3 Å². The van der Waals surface area contributed by atoms with E-state index in [0.717, 1.165) is 37.9 Å². The van der Waals surface area contributed by atoms with E-state index in [0.29, 0.717) is 5.92 Å². The van der Waals surface area contributed by atoms with Gasteiger partial charge in [-0.25, -0.2) is 0 Å². The van der Waals surface area contributed by atoms with Gasteiger partial charge in [-0.3, -0.25) is 9.69 Å². The van der Waals surface area contributed by atoms with Crippen LogP contribution in [0.4, 0.5) is 0 Å². The normalized spacial score (nSPS) is 29.0. The predicted octanol–water partition coefficient (Wildman–Crippen LogP) is 2.20. The zero-order chi connectivity index (χ0) is 18.2. The molecular formula is C23H27N3O. The number of likely N-dealkylation sites (tertiary alicyclic amines) is 1. The molecule has 2 fully saturated rings. The number of hydrogen-bond donors (Lipinski definition) is 2. The average Bonchev–Trinajstić information content (AvgIpc) is 3.17. The van der Waals surface area contributed by atoms with Crippen LogP contribution in [0.3, 0.4) is 0 Å². The SMILES string of the molecule is O=C(NCC1C2CN(Cc3ccccc3)CC12)C1Cc2ccccc2CN1. The van der Waals surface area contributed by atoms with Crippen LogP contribution in [-0.4, -0.2) is 36.5 Å². The van der Waals surface area contributed by atoms with Gasteiger partial charge in [-0.15, -0.1) is 0 Å². The summed E-state index contributed by atoms with van der Waals surface area (Å²) in [4.78, 5) is 15.1. The zero-order valence-corrected chi connectivity index (χ0v) is 15.6. The molecule has 0 spiro atoms. The highest BCUT2D eigenvalue weighted by molar-refractivity contribution is 5.82. The Bertz CT molecular complexity index is 809. The summed E-state index contributed by atoms with van der Waals surface area (Å²) in [7, 11) is 0. The number of hydrogen-bond acceptors (Lipinski definition) is 3. The Morgan fingerprint density at radius 2 is 1.70 bits per heavy atom. The van der Waals surface area contributed by atoms with Gasteiger partial charge in [0.15, 0.2) is 0 Å². The van der Waals surface area contributed by atoms with Crippen molar-refractivity contribution in [2.75, 3.05) is 19.6 Å². The lowest BCUT2D eigenvalue weighted by Crippen LogP contribution is -2.48. The van der Waals surface area contributed by atoms with E-state index in [9.17, 15) is 4.79 Å².